The Morgan fingerprint density at radius 2 is 1.97 bits per heavy atom. The number of halogens is 2. The number of hydrogen-bond donors (Lipinski definition) is 0. The SMILES string of the molecule is Cc1cc(N2C(=O)c3oc4ccc(Cl)cc4c(=O)c3C2c2cccc(F)c2)no1. The van der Waals surface area contributed by atoms with E-state index in [0.717, 1.165) is 0 Å². The number of rotatable bonds is 2. The van der Waals surface area contributed by atoms with E-state index in [1.54, 1.807) is 25.1 Å². The Morgan fingerprint density at radius 1 is 1.14 bits per heavy atom. The van der Waals surface area contributed by atoms with Crippen LogP contribution in [0.25, 0.3) is 11.0 Å². The highest BCUT2D eigenvalue weighted by atomic mass is 35.5. The molecule has 0 radical (unpaired) electrons. The van der Waals surface area contributed by atoms with Gasteiger partial charge in [0.05, 0.1) is 17.0 Å². The van der Waals surface area contributed by atoms with E-state index in [4.69, 9.17) is 20.5 Å². The van der Waals surface area contributed by atoms with E-state index < -0.39 is 23.2 Å². The van der Waals surface area contributed by atoms with Crippen LogP contribution >= 0.6 is 11.6 Å². The van der Waals surface area contributed by atoms with Gasteiger partial charge in [-0.05, 0) is 42.8 Å². The standard InChI is InChI=1S/C21H12ClFN2O4/c1-10-7-16(24-29-10)25-18(11-3-2-4-13(23)8-11)17-19(26)14-9-12(22)5-6-15(14)28-20(17)21(25)27/h2-9,18H,1H3. The summed E-state index contributed by atoms with van der Waals surface area (Å²) in [5, 5.41) is 4.52. The molecule has 1 aliphatic rings. The van der Waals surface area contributed by atoms with Gasteiger partial charge in [0.25, 0.3) is 5.91 Å². The number of carbonyl (C=O) groups excluding carboxylic acids is 1. The molecule has 0 saturated carbocycles. The Bertz CT molecular complexity index is 1360. The number of aromatic nitrogens is 1. The van der Waals surface area contributed by atoms with Gasteiger partial charge in [-0.3, -0.25) is 14.5 Å². The molecule has 2 aromatic carbocycles. The zero-order chi connectivity index (χ0) is 20.3. The molecule has 0 spiro atoms. The highest BCUT2D eigenvalue weighted by Gasteiger charge is 2.45. The molecule has 5 rings (SSSR count). The molecule has 1 amide bonds. The summed E-state index contributed by atoms with van der Waals surface area (Å²) in [7, 11) is 0. The Kier molecular flexibility index (Phi) is 3.82. The molecule has 3 heterocycles. The van der Waals surface area contributed by atoms with Crippen molar-refractivity contribution in [2.24, 2.45) is 0 Å². The van der Waals surface area contributed by atoms with Gasteiger partial charge in [-0.1, -0.05) is 28.9 Å². The van der Waals surface area contributed by atoms with E-state index in [1.807, 2.05) is 0 Å². The lowest BCUT2D eigenvalue weighted by molar-refractivity contribution is 0.0969. The third-order valence-electron chi connectivity index (χ3n) is 4.86. The van der Waals surface area contributed by atoms with Crippen molar-refractivity contribution in [3.63, 3.8) is 0 Å². The van der Waals surface area contributed by atoms with Crippen molar-refractivity contribution in [1.29, 1.82) is 0 Å². The smallest absolute Gasteiger partial charge is 0.296 e. The van der Waals surface area contributed by atoms with Crippen LogP contribution in [-0.2, 0) is 0 Å². The number of hydrogen-bond acceptors (Lipinski definition) is 5. The van der Waals surface area contributed by atoms with Gasteiger partial charge in [-0.25, -0.2) is 4.39 Å². The normalized spacial score (nSPS) is 15.9. The molecule has 0 N–H and O–H groups in total. The van der Waals surface area contributed by atoms with Gasteiger partial charge in [0.15, 0.2) is 11.2 Å². The van der Waals surface area contributed by atoms with Crippen LogP contribution in [0.15, 0.2) is 62.3 Å². The molecule has 0 fully saturated rings. The zero-order valence-electron chi connectivity index (χ0n) is 15.0. The average molecular weight is 411 g/mol. The Balaban J connectivity index is 1.84. The van der Waals surface area contributed by atoms with E-state index in [-0.39, 0.29) is 28.1 Å². The summed E-state index contributed by atoms with van der Waals surface area (Å²) < 4.78 is 24.9. The van der Waals surface area contributed by atoms with Gasteiger partial charge < -0.3 is 8.94 Å². The van der Waals surface area contributed by atoms with Crippen molar-refractivity contribution in [3.8, 4) is 0 Å². The molecule has 6 nitrogen and oxygen atoms in total. The maximum atomic E-state index is 14.0. The summed E-state index contributed by atoms with van der Waals surface area (Å²) in [6, 6.07) is 10.9. The first-order chi connectivity index (χ1) is 13.9. The van der Waals surface area contributed by atoms with Gasteiger partial charge in [0, 0.05) is 11.1 Å². The second-order valence-corrected chi connectivity index (χ2v) is 7.18. The Morgan fingerprint density at radius 3 is 2.69 bits per heavy atom. The second kappa shape index (κ2) is 6.28. The number of anilines is 1. The summed E-state index contributed by atoms with van der Waals surface area (Å²) in [5.41, 5.74) is 0.346. The molecule has 1 aliphatic heterocycles. The average Bonchev–Trinajstić information content (AvgIpc) is 3.24. The third kappa shape index (κ3) is 2.66. The van der Waals surface area contributed by atoms with Crippen molar-refractivity contribution in [1.82, 2.24) is 5.16 Å². The molecular formula is C21H12ClFN2O4. The lowest BCUT2D eigenvalue weighted by atomic mass is 9.98. The highest BCUT2D eigenvalue weighted by Crippen LogP contribution is 2.41. The fourth-order valence-electron chi connectivity index (χ4n) is 3.64. The van der Waals surface area contributed by atoms with E-state index in [2.05, 4.69) is 5.16 Å². The first-order valence-corrected chi connectivity index (χ1v) is 9.10. The molecule has 29 heavy (non-hydrogen) atoms. The Labute approximate surface area is 168 Å². The van der Waals surface area contributed by atoms with E-state index in [9.17, 15) is 14.0 Å². The molecule has 0 bridgehead atoms. The Hall–Kier alpha value is -3.45. The summed E-state index contributed by atoms with van der Waals surface area (Å²) in [5.74, 6) is -0.475. The summed E-state index contributed by atoms with van der Waals surface area (Å²) >= 11 is 6.04. The van der Waals surface area contributed by atoms with E-state index >= 15 is 0 Å². The van der Waals surface area contributed by atoms with Crippen LogP contribution in [-0.4, -0.2) is 11.1 Å². The van der Waals surface area contributed by atoms with E-state index in [0.29, 0.717) is 16.3 Å². The summed E-state index contributed by atoms with van der Waals surface area (Å²) in [4.78, 5) is 27.8. The molecule has 4 aromatic rings. The van der Waals surface area contributed by atoms with Crippen molar-refractivity contribution < 1.29 is 18.1 Å². The molecule has 1 unspecified atom stereocenters. The largest absolute Gasteiger partial charge is 0.450 e. The number of amides is 1. The van der Waals surface area contributed by atoms with Crippen molar-refractivity contribution in [2.45, 2.75) is 13.0 Å². The molecule has 2 aromatic heterocycles. The van der Waals surface area contributed by atoms with Gasteiger partial charge in [0.2, 0.25) is 5.76 Å². The van der Waals surface area contributed by atoms with Crippen LogP contribution in [0.4, 0.5) is 10.2 Å². The molecular weight excluding hydrogens is 399 g/mol. The molecule has 0 saturated heterocycles. The molecule has 144 valence electrons. The topological polar surface area (TPSA) is 76.6 Å². The van der Waals surface area contributed by atoms with Crippen LogP contribution in [0, 0.1) is 12.7 Å². The van der Waals surface area contributed by atoms with Crippen molar-refractivity contribution >= 4 is 34.3 Å². The first-order valence-electron chi connectivity index (χ1n) is 8.72. The third-order valence-corrected chi connectivity index (χ3v) is 5.09. The lowest BCUT2D eigenvalue weighted by Crippen LogP contribution is -2.29. The quantitative estimate of drug-likeness (QED) is 0.481. The van der Waals surface area contributed by atoms with Crippen LogP contribution < -0.4 is 10.3 Å². The van der Waals surface area contributed by atoms with Crippen molar-refractivity contribution in [2.75, 3.05) is 4.90 Å². The van der Waals surface area contributed by atoms with Crippen LogP contribution in [0.3, 0.4) is 0 Å². The second-order valence-electron chi connectivity index (χ2n) is 6.74. The van der Waals surface area contributed by atoms with Crippen LogP contribution in [0.1, 0.15) is 33.5 Å². The first kappa shape index (κ1) is 17.6. The molecule has 8 heteroatoms. The molecule has 1 atom stereocenters. The maximum Gasteiger partial charge on any atom is 0.296 e. The van der Waals surface area contributed by atoms with Gasteiger partial charge in [-0.15, -0.1) is 0 Å². The predicted octanol–water partition coefficient (Wildman–Crippen LogP) is 4.63. The van der Waals surface area contributed by atoms with E-state index in [1.165, 1.54) is 35.2 Å². The van der Waals surface area contributed by atoms with Crippen molar-refractivity contribution in [3.05, 3.63) is 92.2 Å². The molecule has 0 aliphatic carbocycles. The lowest BCUT2D eigenvalue weighted by Gasteiger charge is -2.22. The van der Waals surface area contributed by atoms with Gasteiger partial charge in [0.1, 0.15) is 17.2 Å². The number of benzene rings is 2. The number of carbonyl (C=O) groups is 1. The maximum absolute atomic E-state index is 14.0. The number of nitrogens with zero attached hydrogens (tertiary/aromatic N) is 2. The predicted molar refractivity (Wildman–Crippen MR) is 104 cm³/mol. The highest BCUT2D eigenvalue weighted by molar-refractivity contribution is 6.31. The fraction of sp³-hybridized carbons (Fsp3) is 0.0952. The number of aryl methyl sites for hydroxylation is 1. The van der Waals surface area contributed by atoms with Gasteiger partial charge >= 0.3 is 0 Å². The minimum atomic E-state index is -0.919. The zero-order valence-corrected chi connectivity index (χ0v) is 15.7. The summed E-state index contributed by atoms with van der Waals surface area (Å²) in [6.45, 7) is 1.68. The minimum Gasteiger partial charge on any atom is -0.450 e. The monoisotopic (exact) mass is 410 g/mol. The number of fused-ring (bicyclic) bond motifs is 2. The summed E-state index contributed by atoms with van der Waals surface area (Å²) in [6.07, 6.45) is 0. The van der Waals surface area contributed by atoms with Gasteiger partial charge in [-0.2, -0.15) is 0 Å². The fourth-order valence-corrected chi connectivity index (χ4v) is 3.81. The van der Waals surface area contributed by atoms with Crippen LogP contribution in [0.5, 0.6) is 0 Å². The van der Waals surface area contributed by atoms with Crippen LogP contribution in [0.2, 0.25) is 5.02 Å². The minimum absolute atomic E-state index is 0.107.